The molecule has 1 saturated heterocycles. The van der Waals surface area contributed by atoms with E-state index in [1.165, 1.54) is 0 Å². The lowest BCUT2D eigenvalue weighted by molar-refractivity contribution is -0.134. The van der Waals surface area contributed by atoms with Crippen LogP contribution in [0, 0.1) is 0 Å². The Kier molecular flexibility index (Phi) is 4.73. The lowest BCUT2D eigenvalue weighted by Crippen LogP contribution is -2.44. The molecule has 1 fully saturated rings. The molecular formula is C12H20N4O3. The fourth-order valence-corrected chi connectivity index (χ4v) is 2.23. The second-order valence-corrected chi connectivity index (χ2v) is 4.78. The van der Waals surface area contributed by atoms with Gasteiger partial charge in [-0.1, -0.05) is 6.92 Å². The van der Waals surface area contributed by atoms with Gasteiger partial charge in [-0.05, 0) is 19.3 Å². The molecule has 0 aliphatic carbocycles. The predicted molar refractivity (Wildman–Crippen MR) is 68.8 cm³/mol. The van der Waals surface area contributed by atoms with E-state index in [-0.39, 0.29) is 24.1 Å². The Morgan fingerprint density at radius 3 is 3.11 bits per heavy atom. The summed E-state index contributed by atoms with van der Waals surface area (Å²) in [5.41, 5.74) is -0.384. The van der Waals surface area contributed by atoms with E-state index in [0.717, 1.165) is 32.4 Å². The number of amides is 1. The molecule has 0 radical (unpaired) electrons. The number of H-pyrrole nitrogens is 2. The van der Waals surface area contributed by atoms with Crippen LogP contribution in [-0.4, -0.2) is 51.8 Å². The first kappa shape index (κ1) is 13.8. The third-order valence-corrected chi connectivity index (χ3v) is 3.16. The number of carbonyl (C=O) groups is 1. The first-order valence-electron chi connectivity index (χ1n) is 6.72. The molecule has 2 heterocycles. The zero-order valence-electron chi connectivity index (χ0n) is 11.1. The summed E-state index contributed by atoms with van der Waals surface area (Å²) in [4.78, 5) is 27.3. The molecule has 0 spiro atoms. The minimum atomic E-state index is -0.384. The highest BCUT2D eigenvalue weighted by molar-refractivity contribution is 5.78. The number of rotatable bonds is 5. The monoisotopic (exact) mass is 268 g/mol. The molecule has 7 nitrogen and oxygen atoms in total. The number of nitrogens with one attached hydrogen (secondary N) is 2. The van der Waals surface area contributed by atoms with Gasteiger partial charge in [-0.3, -0.25) is 9.78 Å². The number of aromatic amines is 2. The van der Waals surface area contributed by atoms with Gasteiger partial charge in [-0.2, -0.15) is 5.10 Å². The fourth-order valence-electron chi connectivity index (χ4n) is 2.23. The summed E-state index contributed by atoms with van der Waals surface area (Å²) in [7, 11) is 0. The Hall–Kier alpha value is -1.63. The van der Waals surface area contributed by atoms with Gasteiger partial charge in [0, 0.05) is 19.7 Å². The number of ether oxygens (including phenoxy) is 1. The number of aromatic nitrogens is 3. The summed E-state index contributed by atoms with van der Waals surface area (Å²) in [5, 5.41) is 6.00. The lowest BCUT2D eigenvalue weighted by atomic mass is 10.1. The van der Waals surface area contributed by atoms with Gasteiger partial charge in [0.1, 0.15) is 5.82 Å². The first-order chi connectivity index (χ1) is 9.19. The van der Waals surface area contributed by atoms with E-state index in [0.29, 0.717) is 12.4 Å². The summed E-state index contributed by atoms with van der Waals surface area (Å²) >= 11 is 0. The van der Waals surface area contributed by atoms with Crippen LogP contribution >= 0.6 is 0 Å². The molecule has 106 valence electrons. The van der Waals surface area contributed by atoms with Gasteiger partial charge < -0.3 is 9.64 Å². The maximum atomic E-state index is 12.1. The van der Waals surface area contributed by atoms with Crippen LogP contribution in [0.15, 0.2) is 4.79 Å². The van der Waals surface area contributed by atoms with E-state index >= 15 is 0 Å². The van der Waals surface area contributed by atoms with Crippen LogP contribution in [0.2, 0.25) is 0 Å². The molecule has 1 amide bonds. The summed E-state index contributed by atoms with van der Waals surface area (Å²) in [6.45, 7) is 4.19. The van der Waals surface area contributed by atoms with E-state index < -0.39 is 0 Å². The third kappa shape index (κ3) is 3.92. The topological polar surface area (TPSA) is 91.1 Å². The number of likely N-dealkylation sites (tertiary alicyclic amines) is 1. The van der Waals surface area contributed by atoms with E-state index in [1.807, 2.05) is 0 Å². The molecule has 7 heteroatoms. The SMILES string of the molecule is CCCO[C@H]1CCCN(C(=O)Cc2n[nH]c(=O)[nH]2)C1. The molecule has 19 heavy (non-hydrogen) atoms. The Bertz CT molecular complexity index is 468. The van der Waals surface area contributed by atoms with Gasteiger partial charge in [0.25, 0.3) is 0 Å². The van der Waals surface area contributed by atoms with Crippen molar-refractivity contribution in [2.45, 2.75) is 38.7 Å². The van der Waals surface area contributed by atoms with Crippen molar-refractivity contribution in [3.63, 3.8) is 0 Å². The molecule has 0 saturated carbocycles. The Morgan fingerprint density at radius 2 is 2.42 bits per heavy atom. The smallest absolute Gasteiger partial charge is 0.340 e. The van der Waals surface area contributed by atoms with E-state index in [1.54, 1.807) is 4.90 Å². The minimum Gasteiger partial charge on any atom is -0.376 e. The highest BCUT2D eigenvalue weighted by Crippen LogP contribution is 2.14. The Labute approximate surface area is 111 Å². The zero-order chi connectivity index (χ0) is 13.7. The van der Waals surface area contributed by atoms with Crippen molar-refractivity contribution in [1.82, 2.24) is 20.1 Å². The molecule has 0 aromatic carbocycles. The van der Waals surface area contributed by atoms with Crippen molar-refractivity contribution in [2.24, 2.45) is 0 Å². The molecule has 0 unspecified atom stereocenters. The molecule has 2 rings (SSSR count). The fraction of sp³-hybridized carbons (Fsp3) is 0.750. The number of carbonyl (C=O) groups excluding carboxylic acids is 1. The van der Waals surface area contributed by atoms with E-state index in [4.69, 9.17) is 4.74 Å². The zero-order valence-corrected chi connectivity index (χ0v) is 11.1. The van der Waals surface area contributed by atoms with Gasteiger partial charge in [-0.15, -0.1) is 0 Å². The maximum absolute atomic E-state index is 12.1. The highest BCUT2D eigenvalue weighted by Gasteiger charge is 2.24. The largest absolute Gasteiger partial charge is 0.376 e. The Balaban J connectivity index is 1.86. The second kappa shape index (κ2) is 6.51. The van der Waals surface area contributed by atoms with Crippen molar-refractivity contribution in [2.75, 3.05) is 19.7 Å². The van der Waals surface area contributed by atoms with Crippen LogP contribution in [0.25, 0.3) is 0 Å². The summed E-state index contributed by atoms with van der Waals surface area (Å²) in [6.07, 6.45) is 3.20. The van der Waals surface area contributed by atoms with Crippen molar-refractivity contribution in [3.05, 3.63) is 16.3 Å². The standard InChI is InChI=1S/C12H20N4O3/c1-2-6-19-9-4-3-5-16(8-9)11(17)7-10-13-12(18)15-14-10/h9H,2-8H2,1H3,(H2,13,14,15,18)/t9-/m0/s1. The molecule has 1 aliphatic rings. The summed E-state index contributed by atoms with van der Waals surface area (Å²) < 4.78 is 5.69. The minimum absolute atomic E-state index is 0.0208. The third-order valence-electron chi connectivity index (χ3n) is 3.16. The van der Waals surface area contributed by atoms with Gasteiger partial charge in [0.2, 0.25) is 5.91 Å². The molecule has 2 N–H and O–H groups in total. The molecule has 1 atom stereocenters. The molecule has 1 aromatic heterocycles. The first-order valence-corrected chi connectivity index (χ1v) is 6.72. The van der Waals surface area contributed by atoms with Crippen LogP contribution in [0.1, 0.15) is 32.0 Å². The van der Waals surface area contributed by atoms with Crippen LogP contribution in [0.4, 0.5) is 0 Å². The normalized spacial score (nSPS) is 19.6. The van der Waals surface area contributed by atoms with Gasteiger partial charge >= 0.3 is 5.69 Å². The number of piperidine rings is 1. The average Bonchev–Trinajstić information content (AvgIpc) is 2.82. The number of hydrogen-bond donors (Lipinski definition) is 2. The summed E-state index contributed by atoms with van der Waals surface area (Å²) in [5.74, 6) is 0.360. The second-order valence-electron chi connectivity index (χ2n) is 4.78. The molecule has 1 aromatic rings. The molecular weight excluding hydrogens is 248 g/mol. The van der Waals surface area contributed by atoms with E-state index in [2.05, 4.69) is 22.1 Å². The quantitative estimate of drug-likeness (QED) is 0.790. The lowest BCUT2D eigenvalue weighted by Gasteiger charge is -2.32. The van der Waals surface area contributed by atoms with Gasteiger partial charge in [-0.25, -0.2) is 9.89 Å². The van der Waals surface area contributed by atoms with E-state index in [9.17, 15) is 9.59 Å². The predicted octanol–water partition coefficient (Wildman–Crippen LogP) is 0.0581. The summed E-state index contributed by atoms with van der Waals surface area (Å²) in [6, 6.07) is 0. The van der Waals surface area contributed by atoms with Crippen LogP contribution in [-0.2, 0) is 16.0 Å². The van der Waals surface area contributed by atoms with Crippen LogP contribution in [0.3, 0.4) is 0 Å². The van der Waals surface area contributed by atoms with Crippen LogP contribution < -0.4 is 5.69 Å². The van der Waals surface area contributed by atoms with Gasteiger partial charge in [0.05, 0.1) is 12.5 Å². The maximum Gasteiger partial charge on any atom is 0.340 e. The highest BCUT2D eigenvalue weighted by atomic mass is 16.5. The molecule has 1 aliphatic heterocycles. The van der Waals surface area contributed by atoms with Crippen molar-refractivity contribution < 1.29 is 9.53 Å². The number of hydrogen-bond acceptors (Lipinski definition) is 4. The van der Waals surface area contributed by atoms with Gasteiger partial charge in [0.15, 0.2) is 0 Å². The van der Waals surface area contributed by atoms with Crippen LogP contribution in [0.5, 0.6) is 0 Å². The average molecular weight is 268 g/mol. The molecule has 0 bridgehead atoms. The van der Waals surface area contributed by atoms with Crippen molar-refractivity contribution in [3.8, 4) is 0 Å². The number of nitrogens with zero attached hydrogens (tertiary/aromatic N) is 2. The Morgan fingerprint density at radius 1 is 1.58 bits per heavy atom. The van der Waals surface area contributed by atoms with Crippen molar-refractivity contribution in [1.29, 1.82) is 0 Å². The van der Waals surface area contributed by atoms with Crippen molar-refractivity contribution >= 4 is 5.91 Å².